The number of rotatable bonds is 2. The van der Waals surface area contributed by atoms with E-state index in [0.29, 0.717) is 0 Å². The lowest BCUT2D eigenvalue weighted by Crippen LogP contribution is -2.20. The van der Waals surface area contributed by atoms with Crippen LogP contribution in [-0.4, -0.2) is 9.97 Å². The van der Waals surface area contributed by atoms with Crippen LogP contribution < -0.4 is 5.73 Å². The number of hydrogen-bond donors (Lipinski definition) is 1. The van der Waals surface area contributed by atoms with Crippen LogP contribution in [0, 0.1) is 0 Å². The molecule has 1 atom stereocenters. The summed E-state index contributed by atoms with van der Waals surface area (Å²) >= 11 is 0. The third-order valence-corrected chi connectivity index (χ3v) is 3.04. The molecule has 1 heterocycles. The molecule has 2 N–H and O–H groups in total. The topological polar surface area (TPSA) is 51.8 Å². The highest BCUT2D eigenvalue weighted by Gasteiger charge is 2.21. The highest BCUT2D eigenvalue weighted by Crippen LogP contribution is 2.30. The van der Waals surface area contributed by atoms with E-state index in [-0.39, 0.29) is 11.5 Å². The van der Waals surface area contributed by atoms with Gasteiger partial charge >= 0.3 is 0 Å². The van der Waals surface area contributed by atoms with Crippen molar-refractivity contribution in [1.29, 1.82) is 0 Å². The minimum absolute atomic E-state index is 0.0733. The van der Waals surface area contributed by atoms with Crippen molar-refractivity contribution < 1.29 is 0 Å². The number of hydrogen-bond acceptors (Lipinski definition) is 3. The van der Waals surface area contributed by atoms with Crippen molar-refractivity contribution in [2.45, 2.75) is 32.2 Å². The second-order valence-electron chi connectivity index (χ2n) is 5.49. The second kappa shape index (κ2) is 4.86. The third kappa shape index (κ3) is 2.57. The van der Waals surface area contributed by atoms with Gasteiger partial charge < -0.3 is 5.73 Å². The molecule has 0 aliphatic rings. The predicted octanol–water partition coefficient (Wildman–Crippen LogP) is 2.82. The quantitative estimate of drug-likeness (QED) is 0.879. The largest absolute Gasteiger partial charge is 0.320 e. The maximum Gasteiger partial charge on any atom is 0.115 e. The molecule has 0 radical (unpaired) electrons. The second-order valence-corrected chi connectivity index (χ2v) is 5.49. The highest BCUT2D eigenvalue weighted by molar-refractivity contribution is 5.39. The average molecular weight is 241 g/mol. The molecule has 1 unspecified atom stereocenters. The van der Waals surface area contributed by atoms with E-state index in [1.54, 1.807) is 12.4 Å². The summed E-state index contributed by atoms with van der Waals surface area (Å²) in [4.78, 5) is 8.06. The van der Waals surface area contributed by atoms with Gasteiger partial charge in [0.2, 0.25) is 0 Å². The van der Waals surface area contributed by atoms with Gasteiger partial charge in [0.05, 0.1) is 6.04 Å². The Balaban J connectivity index is 2.46. The summed E-state index contributed by atoms with van der Waals surface area (Å²) in [5, 5.41) is 0. The van der Waals surface area contributed by atoms with Crippen LogP contribution in [0.2, 0.25) is 0 Å². The number of aromatic nitrogens is 2. The molecule has 0 amide bonds. The third-order valence-electron chi connectivity index (χ3n) is 3.04. The first-order valence-corrected chi connectivity index (χ1v) is 6.10. The molecule has 18 heavy (non-hydrogen) atoms. The van der Waals surface area contributed by atoms with E-state index < -0.39 is 0 Å². The summed E-state index contributed by atoms with van der Waals surface area (Å²) in [6.45, 7) is 6.58. The number of nitrogens with two attached hydrogens (primary N) is 1. The van der Waals surface area contributed by atoms with Crippen molar-refractivity contribution in [2.24, 2.45) is 5.73 Å². The van der Waals surface area contributed by atoms with E-state index >= 15 is 0 Å². The van der Waals surface area contributed by atoms with Crippen molar-refractivity contribution in [3.8, 4) is 0 Å². The van der Waals surface area contributed by atoms with Gasteiger partial charge in [-0.15, -0.1) is 0 Å². The number of nitrogens with zero attached hydrogens (tertiary/aromatic N) is 2. The normalized spacial score (nSPS) is 13.3. The van der Waals surface area contributed by atoms with Gasteiger partial charge in [0.25, 0.3) is 0 Å². The van der Waals surface area contributed by atoms with Crippen LogP contribution in [0.5, 0.6) is 0 Å². The summed E-state index contributed by atoms with van der Waals surface area (Å²) in [6, 6.07) is 8.12. The maximum atomic E-state index is 6.33. The van der Waals surface area contributed by atoms with E-state index in [2.05, 4.69) is 48.9 Å². The maximum absolute atomic E-state index is 6.33. The molecular weight excluding hydrogens is 222 g/mol. The first kappa shape index (κ1) is 12.7. The van der Waals surface area contributed by atoms with Gasteiger partial charge in [0.15, 0.2) is 0 Å². The minimum atomic E-state index is -0.179. The van der Waals surface area contributed by atoms with Crippen molar-refractivity contribution in [2.75, 3.05) is 0 Å². The van der Waals surface area contributed by atoms with Gasteiger partial charge in [-0.3, -0.25) is 0 Å². The molecule has 2 aromatic rings. The summed E-state index contributed by atoms with van der Waals surface area (Å²) in [5.74, 6) is 0. The Morgan fingerprint density at radius 3 is 2.28 bits per heavy atom. The lowest BCUT2D eigenvalue weighted by atomic mass is 9.81. The molecule has 0 saturated heterocycles. The van der Waals surface area contributed by atoms with Crippen molar-refractivity contribution in [3.63, 3.8) is 0 Å². The molecular formula is C15H19N3. The summed E-state index contributed by atoms with van der Waals surface area (Å²) < 4.78 is 0. The van der Waals surface area contributed by atoms with E-state index in [1.807, 2.05) is 6.07 Å². The monoisotopic (exact) mass is 241 g/mol. The van der Waals surface area contributed by atoms with Crippen LogP contribution >= 0.6 is 0 Å². The number of benzene rings is 1. The Morgan fingerprint density at radius 2 is 1.67 bits per heavy atom. The van der Waals surface area contributed by atoms with E-state index in [0.717, 1.165) is 11.1 Å². The van der Waals surface area contributed by atoms with E-state index in [4.69, 9.17) is 5.73 Å². The summed E-state index contributed by atoms with van der Waals surface area (Å²) in [7, 11) is 0. The molecule has 3 heteroatoms. The molecule has 0 aliphatic heterocycles. The van der Waals surface area contributed by atoms with Crippen LogP contribution in [-0.2, 0) is 5.41 Å². The average Bonchev–Trinajstić information content (AvgIpc) is 2.38. The first-order chi connectivity index (χ1) is 8.50. The predicted molar refractivity (Wildman–Crippen MR) is 73.2 cm³/mol. The molecule has 94 valence electrons. The zero-order chi connectivity index (χ0) is 13.2. The van der Waals surface area contributed by atoms with Crippen LogP contribution in [0.4, 0.5) is 0 Å². The fraction of sp³-hybridized carbons (Fsp3) is 0.333. The SMILES string of the molecule is CC(C)(C)c1ccccc1C(N)c1cncnc1. The van der Waals surface area contributed by atoms with E-state index in [9.17, 15) is 0 Å². The van der Waals surface area contributed by atoms with Crippen molar-refractivity contribution in [3.05, 3.63) is 59.7 Å². The molecule has 0 fully saturated rings. The van der Waals surface area contributed by atoms with Crippen molar-refractivity contribution in [1.82, 2.24) is 9.97 Å². The highest BCUT2D eigenvalue weighted by atomic mass is 14.8. The Hall–Kier alpha value is -1.74. The first-order valence-electron chi connectivity index (χ1n) is 6.10. The molecule has 0 bridgehead atoms. The van der Waals surface area contributed by atoms with Gasteiger partial charge in [-0.2, -0.15) is 0 Å². The van der Waals surface area contributed by atoms with Gasteiger partial charge in [0.1, 0.15) is 6.33 Å². The lowest BCUT2D eigenvalue weighted by molar-refractivity contribution is 0.577. The molecule has 0 spiro atoms. The smallest absolute Gasteiger partial charge is 0.115 e. The van der Waals surface area contributed by atoms with Crippen LogP contribution in [0.1, 0.15) is 43.5 Å². The van der Waals surface area contributed by atoms with E-state index in [1.165, 1.54) is 11.9 Å². The summed E-state index contributed by atoms with van der Waals surface area (Å²) in [5.41, 5.74) is 9.75. The van der Waals surface area contributed by atoms with Gasteiger partial charge in [-0.1, -0.05) is 45.0 Å². The Labute approximate surface area is 108 Å². The molecule has 2 rings (SSSR count). The van der Waals surface area contributed by atoms with Crippen LogP contribution in [0.25, 0.3) is 0 Å². The zero-order valence-corrected chi connectivity index (χ0v) is 11.1. The summed E-state index contributed by atoms with van der Waals surface area (Å²) in [6.07, 6.45) is 5.07. The standard InChI is InChI=1S/C15H19N3/c1-15(2,3)13-7-5-4-6-12(13)14(16)11-8-17-10-18-9-11/h4-10,14H,16H2,1-3H3. The zero-order valence-electron chi connectivity index (χ0n) is 11.1. The minimum Gasteiger partial charge on any atom is -0.320 e. The fourth-order valence-electron chi connectivity index (χ4n) is 2.10. The van der Waals surface area contributed by atoms with Gasteiger partial charge in [-0.05, 0) is 16.5 Å². The molecule has 3 nitrogen and oxygen atoms in total. The Morgan fingerprint density at radius 1 is 1.06 bits per heavy atom. The molecule has 1 aromatic heterocycles. The van der Waals surface area contributed by atoms with Gasteiger partial charge in [0, 0.05) is 18.0 Å². The molecule has 0 aliphatic carbocycles. The van der Waals surface area contributed by atoms with Crippen molar-refractivity contribution >= 4 is 0 Å². The van der Waals surface area contributed by atoms with Crippen LogP contribution in [0.3, 0.4) is 0 Å². The molecule has 1 aromatic carbocycles. The fourth-order valence-corrected chi connectivity index (χ4v) is 2.10. The van der Waals surface area contributed by atoms with Crippen LogP contribution in [0.15, 0.2) is 43.0 Å². The lowest BCUT2D eigenvalue weighted by Gasteiger charge is -2.25. The Kier molecular flexibility index (Phi) is 3.43. The van der Waals surface area contributed by atoms with Gasteiger partial charge in [-0.25, -0.2) is 9.97 Å². The molecule has 0 saturated carbocycles. The Bertz CT molecular complexity index is 515.